The lowest BCUT2D eigenvalue weighted by molar-refractivity contribution is -0.174. The third-order valence-corrected chi connectivity index (χ3v) is 2.33. The molecule has 0 saturated heterocycles. The quantitative estimate of drug-likeness (QED) is 0.551. The molecule has 0 unspecified atom stereocenters. The molecule has 0 fully saturated rings. The van der Waals surface area contributed by atoms with Crippen LogP contribution in [0.4, 0.5) is 39.5 Å². The van der Waals surface area contributed by atoms with E-state index in [0.29, 0.717) is 0 Å². The zero-order valence-corrected chi connectivity index (χ0v) is 9.94. The summed E-state index contributed by atoms with van der Waals surface area (Å²) in [6.45, 7) is 0. The van der Waals surface area contributed by atoms with Crippen LogP contribution in [0.3, 0.4) is 0 Å². The van der Waals surface area contributed by atoms with Crippen molar-refractivity contribution in [1.29, 1.82) is 0 Å². The van der Waals surface area contributed by atoms with Crippen LogP contribution in [-0.4, -0.2) is 0 Å². The van der Waals surface area contributed by atoms with Gasteiger partial charge in [-0.3, -0.25) is 0 Å². The summed E-state index contributed by atoms with van der Waals surface area (Å²) in [5.41, 5.74) is -7.73. The molecule has 0 aliphatic carbocycles. The maximum atomic E-state index is 12.5. The van der Waals surface area contributed by atoms with Crippen molar-refractivity contribution in [2.75, 3.05) is 0 Å². The van der Waals surface area contributed by atoms with Crippen molar-refractivity contribution in [3.8, 4) is 0 Å². The first kappa shape index (κ1) is 16.1. The maximum Gasteiger partial charge on any atom is 0.417 e. The van der Waals surface area contributed by atoms with E-state index in [1.165, 1.54) is 6.07 Å². The summed E-state index contributed by atoms with van der Waals surface area (Å²) < 4.78 is 111. The van der Waals surface area contributed by atoms with E-state index in [-0.39, 0.29) is 6.07 Å². The molecule has 1 rings (SSSR count). The van der Waals surface area contributed by atoms with Crippen molar-refractivity contribution < 1.29 is 39.5 Å². The van der Waals surface area contributed by atoms with Crippen LogP contribution < -0.4 is 0 Å². The van der Waals surface area contributed by atoms with Gasteiger partial charge in [0.15, 0.2) is 0 Å². The largest absolute Gasteiger partial charge is 0.417 e. The van der Waals surface area contributed by atoms with E-state index in [1.807, 2.05) is 0 Å². The lowest BCUT2D eigenvalue weighted by Gasteiger charge is -2.20. The van der Waals surface area contributed by atoms with Crippen molar-refractivity contribution in [2.45, 2.75) is 18.5 Å². The van der Waals surface area contributed by atoms with E-state index < -0.39 is 39.7 Å². The van der Waals surface area contributed by atoms with Gasteiger partial charge in [-0.1, -0.05) is 15.9 Å². The molecule has 0 amide bonds. The minimum Gasteiger partial charge on any atom is -0.166 e. The lowest BCUT2D eigenvalue weighted by Crippen LogP contribution is -2.23. The highest BCUT2D eigenvalue weighted by atomic mass is 79.9. The Bertz CT molecular complexity index is 445. The molecule has 0 heterocycles. The predicted octanol–water partition coefficient (Wildman–Crippen LogP) is 5.31. The van der Waals surface area contributed by atoms with Gasteiger partial charge in [-0.2, -0.15) is 39.5 Å². The van der Waals surface area contributed by atoms with Gasteiger partial charge in [-0.15, -0.1) is 0 Å². The lowest BCUT2D eigenvalue weighted by atomic mass is 9.99. The molecule has 0 bridgehead atoms. The molecule has 19 heavy (non-hydrogen) atoms. The van der Waals surface area contributed by atoms with Gasteiger partial charge in [0.1, 0.15) is 0 Å². The summed E-state index contributed by atoms with van der Waals surface area (Å²) >= 11 is 2.28. The Morgan fingerprint density at radius 1 is 0.789 bits per heavy atom. The Hall–Kier alpha value is -0.930. The highest BCUT2D eigenvalue weighted by Crippen LogP contribution is 2.47. The Morgan fingerprint density at radius 2 is 1.26 bits per heavy atom. The molecule has 0 aliphatic heterocycles. The van der Waals surface area contributed by atoms with E-state index in [2.05, 4.69) is 15.9 Å². The Morgan fingerprint density at radius 3 is 1.58 bits per heavy atom. The first-order chi connectivity index (χ1) is 8.24. The summed E-state index contributed by atoms with van der Waals surface area (Å²) in [7, 11) is 0. The molecule has 1 radical (unpaired) electrons. The van der Waals surface area contributed by atoms with Crippen molar-refractivity contribution in [3.63, 3.8) is 0 Å². The minimum absolute atomic E-state index is 0.0991. The summed E-state index contributed by atoms with van der Waals surface area (Å²) in [6.07, 6.45) is -17.0. The summed E-state index contributed by atoms with van der Waals surface area (Å²) in [4.78, 5) is 0. The van der Waals surface area contributed by atoms with Crippen LogP contribution >= 0.6 is 15.9 Å². The molecular weight excluding hydrogens is 359 g/mol. The van der Waals surface area contributed by atoms with Gasteiger partial charge >= 0.3 is 18.5 Å². The van der Waals surface area contributed by atoms with E-state index in [0.717, 1.165) is 0 Å². The van der Waals surface area contributed by atoms with Gasteiger partial charge in [0.05, 0.1) is 16.7 Å². The van der Waals surface area contributed by atoms with Crippen molar-refractivity contribution in [2.24, 2.45) is 0 Å². The molecule has 107 valence electrons. The van der Waals surface area contributed by atoms with Gasteiger partial charge in [-0.25, -0.2) is 0 Å². The summed E-state index contributed by atoms with van der Waals surface area (Å²) in [6, 6.07) is 1.11. The van der Waals surface area contributed by atoms with E-state index in [9.17, 15) is 39.5 Å². The van der Waals surface area contributed by atoms with E-state index in [4.69, 9.17) is 0 Å². The Balaban J connectivity index is 3.80. The fourth-order valence-electron chi connectivity index (χ4n) is 1.28. The second kappa shape index (κ2) is 4.57. The highest BCUT2D eigenvalue weighted by Gasteiger charge is 2.50. The average Bonchev–Trinajstić information content (AvgIpc) is 2.11. The van der Waals surface area contributed by atoms with E-state index in [1.54, 1.807) is 0 Å². The summed E-state index contributed by atoms with van der Waals surface area (Å²) in [5.74, 6) is 0. The van der Waals surface area contributed by atoms with E-state index >= 15 is 0 Å². The number of rotatable bonds is 0. The fourth-order valence-corrected chi connectivity index (χ4v) is 1.71. The standard InChI is InChI=1S/C9HBrF9/c10-3-1-4(7(11,12)13)6(9(17,18)19)5(2-3)8(14,15)16/h1H. The van der Waals surface area contributed by atoms with Crippen LogP contribution in [0.25, 0.3) is 0 Å². The van der Waals surface area contributed by atoms with Gasteiger partial charge in [0.2, 0.25) is 0 Å². The number of halogens is 10. The smallest absolute Gasteiger partial charge is 0.166 e. The maximum absolute atomic E-state index is 12.5. The third kappa shape index (κ3) is 3.54. The minimum atomic E-state index is -5.81. The average molecular weight is 360 g/mol. The topological polar surface area (TPSA) is 0 Å². The molecule has 10 heteroatoms. The summed E-state index contributed by atoms with van der Waals surface area (Å²) in [5, 5.41) is 0. The van der Waals surface area contributed by atoms with Crippen LogP contribution in [-0.2, 0) is 18.5 Å². The molecule has 1 aromatic carbocycles. The highest BCUT2D eigenvalue weighted by molar-refractivity contribution is 9.10. The molecule has 0 aliphatic rings. The molecular formula is C9HBrF9. The van der Waals surface area contributed by atoms with Crippen LogP contribution in [0, 0.1) is 6.07 Å². The first-order valence-electron chi connectivity index (χ1n) is 4.22. The third-order valence-electron chi connectivity index (χ3n) is 1.91. The van der Waals surface area contributed by atoms with Gasteiger partial charge < -0.3 is 0 Å². The van der Waals surface area contributed by atoms with Crippen molar-refractivity contribution >= 4 is 15.9 Å². The monoisotopic (exact) mass is 359 g/mol. The number of hydrogen-bond acceptors (Lipinski definition) is 0. The SMILES string of the molecule is FC(F)(F)c1[c]c(Br)cc(C(F)(F)F)c1C(F)(F)F. The zero-order chi connectivity index (χ0) is 15.2. The normalized spacial score (nSPS) is 13.8. The van der Waals surface area contributed by atoms with Crippen LogP contribution in [0.2, 0.25) is 0 Å². The Labute approximate surface area is 108 Å². The molecule has 0 atom stereocenters. The van der Waals surface area contributed by atoms with Crippen molar-refractivity contribution in [1.82, 2.24) is 0 Å². The number of hydrogen-bond donors (Lipinski definition) is 0. The predicted molar refractivity (Wildman–Crippen MR) is 48.0 cm³/mol. The van der Waals surface area contributed by atoms with Gasteiger partial charge in [0.25, 0.3) is 0 Å². The van der Waals surface area contributed by atoms with Gasteiger partial charge in [0, 0.05) is 10.5 Å². The molecule has 0 aromatic heterocycles. The fraction of sp³-hybridized carbons (Fsp3) is 0.333. The first-order valence-corrected chi connectivity index (χ1v) is 5.01. The second-order valence-electron chi connectivity index (χ2n) is 3.27. The second-order valence-corrected chi connectivity index (χ2v) is 4.13. The molecule has 0 saturated carbocycles. The number of benzene rings is 1. The molecule has 0 nitrogen and oxygen atoms in total. The van der Waals surface area contributed by atoms with Crippen LogP contribution in [0.15, 0.2) is 10.5 Å². The van der Waals surface area contributed by atoms with Gasteiger partial charge in [-0.05, 0) is 6.07 Å². The molecule has 0 N–H and O–H groups in total. The Kier molecular flexibility index (Phi) is 3.88. The van der Waals surface area contributed by atoms with Crippen LogP contribution in [0.1, 0.15) is 16.7 Å². The van der Waals surface area contributed by atoms with Crippen molar-refractivity contribution in [3.05, 3.63) is 33.3 Å². The van der Waals surface area contributed by atoms with Crippen LogP contribution in [0.5, 0.6) is 0 Å². The molecule has 1 aromatic rings. The number of alkyl halides is 9. The zero-order valence-electron chi connectivity index (χ0n) is 8.36. The molecule has 0 spiro atoms.